The molecule has 0 amide bonds. The summed E-state index contributed by atoms with van der Waals surface area (Å²) in [5, 5.41) is 12.1. The van der Waals surface area contributed by atoms with Gasteiger partial charge in [-0.3, -0.25) is 10.1 Å². The number of nitrogens with one attached hydrogen (secondary N) is 1. The van der Waals surface area contributed by atoms with Crippen molar-refractivity contribution in [2.24, 2.45) is 0 Å². The van der Waals surface area contributed by atoms with Crippen LogP contribution in [0.4, 0.5) is 0 Å². The third-order valence-electron chi connectivity index (χ3n) is 0.642. The van der Waals surface area contributed by atoms with Gasteiger partial charge in [0, 0.05) is 0 Å². The summed E-state index contributed by atoms with van der Waals surface area (Å²) in [5.74, 6) is -0.343. The second-order valence-corrected chi connectivity index (χ2v) is 1.15. The van der Waals surface area contributed by atoms with E-state index < -0.39 is 4.92 Å². The van der Waals surface area contributed by atoms with E-state index >= 15 is 0 Å². The van der Waals surface area contributed by atoms with Crippen molar-refractivity contribution in [2.45, 2.75) is 0 Å². The van der Waals surface area contributed by atoms with E-state index in [0.29, 0.717) is 0 Å². The van der Waals surface area contributed by atoms with Gasteiger partial charge in [-0.25, -0.2) is 0 Å². The van der Waals surface area contributed by atoms with Gasteiger partial charge in [0.1, 0.15) is 4.92 Å². The van der Waals surface area contributed by atoms with Crippen LogP contribution in [-0.4, -0.2) is 11.7 Å². The van der Waals surface area contributed by atoms with Gasteiger partial charge in [0.15, 0.2) is 12.9 Å². The van der Waals surface area contributed by atoms with E-state index in [9.17, 15) is 10.1 Å². The van der Waals surface area contributed by atoms with Crippen LogP contribution in [-0.2, 0) is 4.74 Å². The van der Waals surface area contributed by atoms with Gasteiger partial charge in [0.05, 0.1) is 0 Å². The molecule has 0 aromatic heterocycles. The molecule has 0 unspecified atom stereocenters. The topological polar surface area (TPSA) is 64.4 Å². The summed E-state index contributed by atoms with van der Waals surface area (Å²) in [6, 6.07) is 0. The number of rotatable bonds is 1. The Bertz CT molecular complexity index is 141. The van der Waals surface area contributed by atoms with Gasteiger partial charge >= 0.3 is 5.88 Å². The lowest BCUT2D eigenvalue weighted by atomic mass is 10.9. The Morgan fingerprint density at radius 1 is 2.00 bits per heavy atom. The molecule has 1 N–H and O–H groups in total. The van der Waals surface area contributed by atoms with Crippen LogP contribution < -0.4 is 5.32 Å². The zero-order chi connectivity index (χ0) is 5.98. The molecule has 0 saturated heterocycles. The molecule has 5 nitrogen and oxygen atoms in total. The van der Waals surface area contributed by atoms with Gasteiger partial charge in [-0.1, -0.05) is 0 Å². The molecule has 0 aromatic carbocycles. The Kier molecular flexibility index (Phi) is 1.03. The predicted octanol–water partition coefficient (Wildman–Crippen LogP) is -0.558. The SMILES string of the molecule is O=[N+]([O-])C1=[C]NCO1. The zero-order valence-electron chi connectivity index (χ0n) is 3.88. The van der Waals surface area contributed by atoms with E-state index in [2.05, 4.69) is 16.3 Å². The number of hydrogen-bond acceptors (Lipinski definition) is 4. The van der Waals surface area contributed by atoms with Gasteiger partial charge < -0.3 is 10.1 Å². The molecular weight excluding hydrogens is 112 g/mol. The molecule has 1 radical (unpaired) electrons. The molecule has 0 atom stereocenters. The predicted molar refractivity (Wildman–Crippen MR) is 22.8 cm³/mol. The Balaban J connectivity index is 2.57. The van der Waals surface area contributed by atoms with E-state index in [1.165, 1.54) is 0 Å². The molecule has 1 aliphatic rings. The highest BCUT2D eigenvalue weighted by Gasteiger charge is 2.16. The van der Waals surface area contributed by atoms with Gasteiger partial charge in [-0.05, 0) is 0 Å². The third kappa shape index (κ3) is 0.699. The summed E-state index contributed by atoms with van der Waals surface area (Å²) >= 11 is 0. The molecule has 0 aromatic rings. The van der Waals surface area contributed by atoms with E-state index in [1.54, 1.807) is 0 Å². The molecule has 8 heavy (non-hydrogen) atoms. The van der Waals surface area contributed by atoms with Crippen LogP contribution >= 0.6 is 0 Å². The molecular formula is C3H3N2O3. The van der Waals surface area contributed by atoms with Gasteiger partial charge in [-0.2, -0.15) is 0 Å². The summed E-state index contributed by atoms with van der Waals surface area (Å²) in [4.78, 5) is 9.10. The van der Waals surface area contributed by atoms with Gasteiger partial charge in [0.25, 0.3) is 0 Å². The highest BCUT2D eigenvalue weighted by atomic mass is 16.7. The first-order valence-electron chi connectivity index (χ1n) is 1.94. The maximum Gasteiger partial charge on any atom is 0.455 e. The molecule has 1 aliphatic heterocycles. The fraction of sp³-hybridized carbons (Fsp3) is 0.333. The molecule has 1 rings (SSSR count). The minimum absolute atomic E-state index is 0.149. The summed E-state index contributed by atoms with van der Waals surface area (Å²) in [6.07, 6.45) is 2.20. The van der Waals surface area contributed by atoms with E-state index in [4.69, 9.17) is 0 Å². The van der Waals surface area contributed by atoms with Crippen molar-refractivity contribution in [3.05, 3.63) is 22.2 Å². The Morgan fingerprint density at radius 3 is 3.00 bits per heavy atom. The zero-order valence-corrected chi connectivity index (χ0v) is 3.88. The summed E-state index contributed by atoms with van der Waals surface area (Å²) in [5.41, 5.74) is 0. The maximum atomic E-state index is 9.74. The standard InChI is InChI=1S/C3H3N2O3/c6-5(7)3-1-4-2-8-3/h4H,2H2. The lowest BCUT2D eigenvalue weighted by Gasteiger charge is -1.87. The summed E-state index contributed by atoms with van der Waals surface area (Å²) in [6.45, 7) is 0.149. The second kappa shape index (κ2) is 1.69. The van der Waals surface area contributed by atoms with Crippen molar-refractivity contribution in [1.82, 2.24) is 5.32 Å². The Hall–Kier alpha value is -1.26. The van der Waals surface area contributed by atoms with E-state index in [0.717, 1.165) is 0 Å². The van der Waals surface area contributed by atoms with Crippen molar-refractivity contribution in [2.75, 3.05) is 6.73 Å². The normalized spacial score (nSPS) is 16.2. The number of ether oxygens (including phenoxy) is 1. The van der Waals surface area contributed by atoms with Crippen molar-refractivity contribution in [1.29, 1.82) is 0 Å². The van der Waals surface area contributed by atoms with Crippen LogP contribution in [0.25, 0.3) is 0 Å². The summed E-state index contributed by atoms with van der Waals surface area (Å²) < 4.78 is 4.41. The van der Waals surface area contributed by atoms with Crippen LogP contribution in [0.3, 0.4) is 0 Å². The minimum Gasteiger partial charge on any atom is -0.418 e. The maximum absolute atomic E-state index is 9.74. The number of hydrogen-bond donors (Lipinski definition) is 1. The van der Waals surface area contributed by atoms with Gasteiger partial charge in [0.2, 0.25) is 0 Å². The van der Waals surface area contributed by atoms with Crippen LogP contribution in [0.1, 0.15) is 0 Å². The van der Waals surface area contributed by atoms with Crippen molar-refractivity contribution in [3.8, 4) is 0 Å². The van der Waals surface area contributed by atoms with Crippen molar-refractivity contribution < 1.29 is 9.66 Å². The fourth-order valence-electron chi connectivity index (χ4n) is 0.351. The lowest BCUT2D eigenvalue weighted by molar-refractivity contribution is -0.461. The van der Waals surface area contributed by atoms with Crippen LogP contribution in [0.15, 0.2) is 5.88 Å². The molecule has 0 aliphatic carbocycles. The highest BCUT2D eigenvalue weighted by molar-refractivity contribution is 4.75. The Labute approximate surface area is 45.1 Å². The molecule has 0 spiro atoms. The molecule has 0 saturated carbocycles. The number of nitrogens with zero attached hydrogens (tertiary/aromatic N) is 1. The number of nitro groups is 1. The third-order valence-corrected chi connectivity index (χ3v) is 0.642. The molecule has 0 fully saturated rings. The second-order valence-electron chi connectivity index (χ2n) is 1.15. The first-order chi connectivity index (χ1) is 3.80. The van der Waals surface area contributed by atoms with Gasteiger partial charge in [-0.15, -0.1) is 0 Å². The van der Waals surface area contributed by atoms with Crippen LogP contribution in [0.5, 0.6) is 0 Å². The summed E-state index contributed by atoms with van der Waals surface area (Å²) in [7, 11) is 0. The first-order valence-corrected chi connectivity index (χ1v) is 1.94. The highest BCUT2D eigenvalue weighted by Crippen LogP contribution is 1.98. The molecule has 1 heterocycles. The monoisotopic (exact) mass is 115 g/mol. The molecule has 5 heteroatoms. The molecule has 43 valence electrons. The Morgan fingerprint density at radius 2 is 2.75 bits per heavy atom. The average molecular weight is 115 g/mol. The smallest absolute Gasteiger partial charge is 0.418 e. The van der Waals surface area contributed by atoms with Crippen molar-refractivity contribution in [3.63, 3.8) is 0 Å². The quantitative estimate of drug-likeness (QED) is 0.367. The average Bonchev–Trinajstić information content (AvgIpc) is 2.12. The van der Waals surface area contributed by atoms with Crippen molar-refractivity contribution >= 4 is 0 Å². The first kappa shape index (κ1) is 4.89. The minimum atomic E-state index is -0.639. The van der Waals surface area contributed by atoms with Crippen LogP contribution in [0, 0.1) is 16.3 Å². The largest absolute Gasteiger partial charge is 0.455 e. The van der Waals surface area contributed by atoms with Crippen LogP contribution in [0.2, 0.25) is 0 Å². The molecule has 0 bridgehead atoms. The lowest BCUT2D eigenvalue weighted by Crippen LogP contribution is -2.00. The van der Waals surface area contributed by atoms with E-state index in [-0.39, 0.29) is 12.6 Å². The fourth-order valence-corrected chi connectivity index (χ4v) is 0.351. The van der Waals surface area contributed by atoms with E-state index in [1.807, 2.05) is 0 Å².